The lowest BCUT2D eigenvalue weighted by atomic mass is 9.81. The van der Waals surface area contributed by atoms with Crippen LogP contribution >= 0.6 is 0 Å². The number of benzene rings is 2. The van der Waals surface area contributed by atoms with Gasteiger partial charge >= 0.3 is 6.09 Å². The van der Waals surface area contributed by atoms with E-state index in [4.69, 9.17) is 10.3 Å². The van der Waals surface area contributed by atoms with E-state index in [0.29, 0.717) is 13.0 Å². The van der Waals surface area contributed by atoms with Gasteiger partial charge in [0.05, 0.1) is 13.2 Å². The number of nitrogens with zero attached hydrogens (tertiary/aromatic N) is 4. The van der Waals surface area contributed by atoms with Crippen LogP contribution in [0.1, 0.15) is 34.2 Å². The molecule has 2 aliphatic rings. The Balaban J connectivity index is 1.94. The fourth-order valence-corrected chi connectivity index (χ4v) is 4.56. The van der Waals surface area contributed by atoms with Gasteiger partial charge in [-0.3, -0.25) is 0 Å². The summed E-state index contributed by atoms with van der Waals surface area (Å²) >= 11 is 0. The molecule has 1 unspecified atom stereocenters. The van der Waals surface area contributed by atoms with E-state index in [1.54, 1.807) is 11.0 Å². The first-order valence-electron chi connectivity index (χ1n) is 8.85. The Morgan fingerprint density at radius 2 is 2.07 bits per heavy atom. The van der Waals surface area contributed by atoms with Crippen LogP contribution in [0.4, 0.5) is 9.18 Å². The molecule has 0 aromatic heterocycles. The standard InChI is InChI=1S/C20H19FN4O2/c1-27-20(26)25-11-14(10-23-24-22)18-16-5-3-2-4-12(16)8-13-6-7-15(21)9-17(13)19(18)25/h2-7,9,14,18-19H,8,10-11H2,1H3/t14?,18-,19-/m1/s1. The third-order valence-electron chi connectivity index (χ3n) is 5.63. The molecule has 3 atom stereocenters. The van der Waals surface area contributed by atoms with Crippen LogP contribution in [0, 0.1) is 11.7 Å². The van der Waals surface area contributed by atoms with E-state index in [0.717, 1.165) is 22.3 Å². The minimum atomic E-state index is -0.456. The molecule has 1 fully saturated rings. The first-order chi connectivity index (χ1) is 13.1. The highest BCUT2D eigenvalue weighted by Crippen LogP contribution is 2.51. The van der Waals surface area contributed by atoms with Gasteiger partial charge in [0.25, 0.3) is 0 Å². The number of hydrogen-bond acceptors (Lipinski definition) is 3. The molecule has 7 heteroatoms. The topological polar surface area (TPSA) is 78.3 Å². The monoisotopic (exact) mass is 366 g/mol. The molecule has 6 nitrogen and oxygen atoms in total. The summed E-state index contributed by atoms with van der Waals surface area (Å²) in [4.78, 5) is 17.1. The predicted octanol–water partition coefficient (Wildman–Crippen LogP) is 4.56. The normalized spacial score (nSPS) is 22.7. The summed E-state index contributed by atoms with van der Waals surface area (Å²) in [6.07, 6.45) is 0.213. The number of carbonyl (C=O) groups excluding carboxylic acids is 1. The molecule has 0 saturated carbocycles. The number of azide groups is 1. The lowest BCUT2D eigenvalue weighted by Gasteiger charge is -2.28. The van der Waals surface area contributed by atoms with Crippen LogP contribution in [-0.4, -0.2) is 31.2 Å². The number of halogens is 1. The van der Waals surface area contributed by atoms with E-state index in [1.807, 2.05) is 12.1 Å². The molecule has 138 valence electrons. The first-order valence-corrected chi connectivity index (χ1v) is 8.85. The van der Waals surface area contributed by atoms with E-state index in [9.17, 15) is 9.18 Å². The summed E-state index contributed by atoms with van der Waals surface area (Å²) < 4.78 is 19.1. The zero-order valence-corrected chi connectivity index (χ0v) is 14.9. The number of likely N-dealkylation sites (tertiary alicyclic amines) is 1. The van der Waals surface area contributed by atoms with Gasteiger partial charge in [-0.05, 0) is 52.3 Å². The molecule has 0 bridgehead atoms. The van der Waals surface area contributed by atoms with Gasteiger partial charge in [0, 0.05) is 23.9 Å². The molecular weight excluding hydrogens is 347 g/mol. The maximum absolute atomic E-state index is 14.1. The second-order valence-corrected chi connectivity index (χ2v) is 6.99. The Morgan fingerprint density at radius 1 is 1.30 bits per heavy atom. The fourth-order valence-electron chi connectivity index (χ4n) is 4.56. The van der Waals surface area contributed by atoms with Gasteiger partial charge in [-0.15, -0.1) is 0 Å². The zero-order valence-electron chi connectivity index (χ0n) is 14.9. The molecule has 4 rings (SSSR count). The fraction of sp³-hybridized carbons (Fsp3) is 0.350. The maximum Gasteiger partial charge on any atom is 0.410 e. The van der Waals surface area contributed by atoms with E-state index >= 15 is 0 Å². The third kappa shape index (κ3) is 2.90. The van der Waals surface area contributed by atoms with Gasteiger partial charge in [0.15, 0.2) is 0 Å². The van der Waals surface area contributed by atoms with Gasteiger partial charge in [0.1, 0.15) is 5.82 Å². The number of rotatable bonds is 2. The summed E-state index contributed by atoms with van der Waals surface area (Å²) in [6, 6.07) is 12.5. The number of amides is 1. The summed E-state index contributed by atoms with van der Waals surface area (Å²) in [6.45, 7) is 0.662. The Labute approximate surface area is 156 Å². The minimum Gasteiger partial charge on any atom is -0.453 e. The third-order valence-corrected chi connectivity index (χ3v) is 5.63. The second-order valence-electron chi connectivity index (χ2n) is 6.99. The number of hydrogen-bond donors (Lipinski definition) is 0. The number of carbonyl (C=O) groups is 1. The van der Waals surface area contributed by atoms with Crippen molar-refractivity contribution in [1.29, 1.82) is 0 Å². The van der Waals surface area contributed by atoms with Crippen LogP contribution < -0.4 is 0 Å². The SMILES string of the molecule is COC(=O)N1CC(CN=[N+]=[N-])[C@@H]2c3ccccc3Cc3ccc(F)cc3[C@H]21. The Kier molecular flexibility index (Phi) is 4.46. The molecular formula is C20H19FN4O2. The van der Waals surface area contributed by atoms with Crippen LogP contribution in [0.5, 0.6) is 0 Å². The zero-order chi connectivity index (χ0) is 19.0. The van der Waals surface area contributed by atoms with Crippen LogP contribution in [0.25, 0.3) is 10.4 Å². The Hall–Kier alpha value is -3.05. The summed E-state index contributed by atoms with van der Waals surface area (Å²) in [5, 5.41) is 3.77. The van der Waals surface area contributed by atoms with Crippen molar-refractivity contribution in [2.24, 2.45) is 11.0 Å². The smallest absolute Gasteiger partial charge is 0.410 e. The van der Waals surface area contributed by atoms with E-state index < -0.39 is 6.09 Å². The largest absolute Gasteiger partial charge is 0.453 e. The molecule has 2 aromatic rings. The lowest BCUT2D eigenvalue weighted by Crippen LogP contribution is -2.32. The van der Waals surface area contributed by atoms with Crippen molar-refractivity contribution in [3.8, 4) is 0 Å². The number of methoxy groups -OCH3 is 1. The first kappa shape index (κ1) is 17.4. The lowest BCUT2D eigenvalue weighted by molar-refractivity contribution is 0.116. The van der Waals surface area contributed by atoms with Crippen LogP contribution in [0.2, 0.25) is 0 Å². The van der Waals surface area contributed by atoms with Gasteiger partial charge < -0.3 is 9.64 Å². The Morgan fingerprint density at radius 3 is 2.85 bits per heavy atom. The molecule has 1 aliphatic heterocycles. The molecule has 27 heavy (non-hydrogen) atoms. The second kappa shape index (κ2) is 6.93. The molecule has 1 saturated heterocycles. The maximum atomic E-state index is 14.1. The van der Waals surface area contributed by atoms with Crippen molar-refractivity contribution in [2.75, 3.05) is 20.2 Å². The van der Waals surface area contributed by atoms with Crippen molar-refractivity contribution in [3.05, 3.63) is 81.0 Å². The highest BCUT2D eigenvalue weighted by atomic mass is 19.1. The molecule has 1 heterocycles. The molecule has 1 amide bonds. The van der Waals surface area contributed by atoms with Gasteiger partial charge in [0.2, 0.25) is 0 Å². The molecule has 2 aromatic carbocycles. The van der Waals surface area contributed by atoms with Crippen LogP contribution in [0.15, 0.2) is 47.6 Å². The van der Waals surface area contributed by atoms with Crippen molar-refractivity contribution in [2.45, 2.75) is 18.4 Å². The number of ether oxygens (including phenoxy) is 1. The van der Waals surface area contributed by atoms with Gasteiger partial charge in [-0.1, -0.05) is 35.4 Å². The average molecular weight is 366 g/mol. The average Bonchev–Trinajstić information content (AvgIpc) is 2.99. The summed E-state index contributed by atoms with van der Waals surface area (Å²) in [5.74, 6) is -0.490. The van der Waals surface area contributed by atoms with E-state index in [1.165, 1.54) is 19.2 Å². The van der Waals surface area contributed by atoms with E-state index in [2.05, 4.69) is 22.2 Å². The molecule has 0 radical (unpaired) electrons. The van der Waals surface area contributed by atoms with Crippen molar-refractivity contribution in [3.63, 3.8) is 0 Å². The van der Waals surface area contributed by atoms with Gasteiger partial charge in [-0.25, -0.2) is 9.18 Å². The van der Waals surface area contributed by atoms with Crippen molar-refractivity contribution < 1.29 is 13.9 Å². The predicted molar refractivity (Wildman–Crippen MR) is 97.7 cm³/mol. The van der Waals surface area contributed by atoms with Crippen molar-refractivity contribution >= 4 is 6.09 Å². The van der Waals surface area contributed by atoms with E-state index in [-0.39, 0.29) is 30.2 Å². The Bertz CT molecular complexity index is 941. The van der Waals surface area contributed by atoms with Crippen LogP contribution in [-0.2, 0) is 11.2 Å². The molecule has 0 N–H and O–H groups in total. The minimum absolute atomic E-state index is 0.0691. The highest BCUT2D eigenvalue weighted by Gasteiger charge is 2.48. The molecule has 0 spiro atoms. The van der Waals surface area contributed by atoms with Gasteiger partial charge in [-0.2, -0.15) is 0 Å². The highest BCUT2D eigenvalue weighted by molar-refractivity contribution is 5.70. The quantitative estimate of drug-likeness (QED) is 0.443. The summed E-state index contributed by atoms with van der Waals surface area (Å²) in [7, 11) is 1.34. The summed E-state index contributed by atoms with van der Waals surface area (Å²) in [5.41, 5.74) is 12.8. The molecule has 1 aliphatic carbocycles. The number of fused-ring (bicyclic) bond motifs is 5. The van der Waals surface area contributed by atoms with Crippen molar-refractivity contribution in [1.82, 2.24) is 4.90 Å². The van der Waals surface area contributed by atoms with Crippen LogP contribution in [0.3, 0.4) is 0 Å².